The van der Waals surface area contributed by atoms with Gasteiger partial charge >= 0.3 is 0 Å². The number of hydrogen-bond donors (Lipinski definition) is 0. The molecule has 25 heavy (non-hydrogen) atoms. The molecule has 2 aromatic heterocycles. The molecule has 1 aliphatic heterocycles. The molecule has 0 radical (unpaired) electrons. The molecule has 0 bridgehead atoms. The van der Waals surface area contributed by atoms with Crippen molar-refractivity contribution in [2.24, 2.45) is 0 Å². The first-order chi connectivity index (χ1) is 12.1. The van der Waals surface area contributed by atoms with E-state index >= 15 is 0 Å². The highest BCUT2D eigenvalue weighted by Gasteiger charge is 2.22. The van der Waals surface area contributed by atoms with Gasteiger partial charge < -0.3 is 0 Å². The molecule has 1 aliphatic rings. The van der Waals surface area contributed by atoms with Crippen molar-refractivity contribution in [3.63, 3.8) is 0 Å². The van der Waals surface area contributed by atoms with Gasteiger partial charge in [0, 0.05) is 24.3 Å². The number of nitrogens with zero attached hydrogens (tertiary/aromatic N) is 4. The Balaban J connectivity index is 1.81. The van der Waals surface area contributed by atoms with Gasteiger partial charge in [0.2, 0.25) is 0 Å². The molecule has 1 aromatic carbocycles. The van der Waals surface area contributed by atoms with Gasteiger partial charge in [-0.15, -0.1) is 0 Å². The van der Waals surface area contributed by atoms with E-state index in [9.17, 15) is 4.79 Å². The maximum atomic E-state index is 12.8. The first-order valence-corrected chi connectivity index (χ1v) is 8.28. The molecule has 0 N–H and O–H groups in total. The van der Waals surface area contributed by atoms with Gasteiger partial charge in [-0.3, -0.25) is 14.3 Å². The maximum Gasteiger partial charge on any atom is 0.261 e. The average molecular weight is 330 g/mol. The molecule has 1 unspecified atom stereocenters. The summed E-state index contributed by atoms with van der Waals surface area (Å²) in [4.78, 5) is 24.0. The number of benzene rings is 1. The van der Waals surface area contributed by atoms with Crippen LogP contribution in [0.1, 0.15) is 30.0 Å². The number of hydrogen-bond acceptors (Lipinski definition) is 4. The lowest BCUT2D eigenvalue weighted by Crippen LogP contribution is -2.40. The maximum absolute atomic E-state index is 12.8. The molecule has 3 heterocycles. The topological polar surface area (TPSA) is 51.0 Å². The van der Waals surface area contributed by atoms with E-state index in [0.717, 1.165) is 23.6 Å². The second-order valence-electron chi connectivity index (χ2n) is 6.45. The first-order valence-electron chi connectivity index (χ1n) is 8.28. The summed E-state index contributed by atoms with van der Waals surface area (Å²) in [7, 11) is 2.05. The van der Waals surface area contributed by atoms with Crippen LogP contribution in [0, 0.1) is 11.8 Å². The third-order valence-corrected chi connectivity index (χ3v) is 4.40. The number of fused-ring (bicyclic) bond motifs is 2. The Kier molecular flexibility index (Phi) is 3.83. The third kappa shape index (κ3) is 2.92. The van der Waals surface area contributed by atoms with E-state index in [2.05, 4.69) is 28.6 Å². The van der Waals surface area contributed by atoms with E-state index in [1.54, 1.807) is 6.20 Å². The van der Waals surface area contributed by atoms with Crippen LogP contribution in [0.15, 0.2) is 47.4 Å². The summed E-state index contributed by atoms with van der Waals surface area (Å²) in [5.41, 5.74) is 2.28. The number of aromatic nitrogens is 3. The Morgan fingerprint density at radius 1 is 1.20 bits per heavy atom. The van der Waals surface area contributed by atoms with Gasteiger partial charge in [0.25, 0.3) is 5.56 Å². The van der Waals surface area contributed by atoms with Gasteiger partial charge in [-0.25, -0.2) is 9.97 Å². The molecule has 0 fully saturated rings. The quantitative estimate of drug-likeness (QED) is 0.593. The number of likely N-dealkylation sites (N-methyl/N-ethyl adjacent to an activating group) is 1. The average Bonchev–Trinajstić information content (AvgIpc) is 2.60. The van der Waals surface area contributed by atoms with Crippen LogP contribution in [0.3, 0.4) is 0 Å². The molecule has 0 saturated heterocycles. The molecule has 1 atom stereocenters. The molecule has 5 heteroatoms. The summed E-state index contributed by atoms with van der Waals surface area (Å²) < 4.78 is 1.82. The van der Waals surface area contributed by atoms with Crippen molar-refractivity contribution < 1.29 is 0 Å². The highest BCUT2D eigenvalue weighted by atomic mass is 16.1. The fraction of sp³-hybridized carbons (Fsp3) is 0.250. The minimum atomic E-state index is 0.0323. The fourth-order valence-corrected chi connectivity index (χ4v) is 3.30. The van der Waals surface area contributed by atoms with Crippen LogP contribution in [0.25, 0.3) is 10.9 Å². The zero-order valence-corrected chi connectivity index (χ0v) is 14.2. The fourth-order valence-electron chi connectivity index (χ4n) is 3.30. The highest BCUT2D eigenvalue weighted by Crippen LogP contribution is 2.19. The van der Waals surface area contributed by atoms with E-state index in [1.165, 1.54) is 0 Å². The minimum Gasteiger partial charge on any atom is -0.297 e. The Morgan fingerprint density at radius 2 is 2.08 bits per heavy atom. The lowest BCUT2D eigenvalue weighted by atomic mass is 10.1. The molecule has 3 aromatic rings. The van der Waals surface area contributed by atoms with Crippen molar-refractivity contribution in [2.45, 2.75) is 19.5 Å². The predicted molar refractivity (Wildman–Crippen MR) is 97.3 cm³/mol. The molecular formula is C20H18N4O. The summed E-state index contributed by atoms with van der Waals surface area (Å²) in [5.74, 6) is 6.95. The minimum absolute atomic E-state index is 0.0323. The van der Waals surface area contributed by atoms with Crippen LogP contribution in [0.4, 0.5) is 0 Å². The van der Waals surface area contributed by atoms with Gasteiger partial charge in [0.05, 0.1) is 17.4 Å². The molecule has 0 aliphatic carbocycles. The summed E-state index contributed by atoms with van der Waals surface area (Å²) >= 11 is 0. The Morgan fingerprint density at radius 3 is 2.88 bits per heavy atom. The van der Waals surface area contributed by atoms with Crippen LogP contribution >= 0.6 is 0 Å². The molecule has 0 saturated carbocycles. The van der Waals surface area contributed by atoms with Crippen molar-refractivity contribution in [1.82, 2.24) is 19.4 Å². The van der Waals surface area contributed by atoms with E-state index in [-0.39, 0.29) is 11.6 Å². The molecule has 5 nitrogen and oxygen atoms in total. The van der Waals surface area contributed by atoms with Gasteiger partial charge in [-0.1, -0.05) is 12.0 Å². The van der Waals surface area contributed by atoms with E-state index in [4.69, 9.17) is 4.98 Å². The second kappa shape index (κ2) is 6.15. The monoisotopic (exact) mass is 330 g/mol. The zero-order chi connectivity index (χ0) is 17.4. The zero-order valence-electron chi connectivity index (χ0n) is 14.2. The third-order valence-electron chi connectivity index (χ3n) is 4.40. The highest BCUT2D eigenvalue weighted by molar-refractivity contribution is 5.79. The normalized spacial score (nSPS) is 17.0. The first kappa shape index (κ1) is 15.6. The van der Waals surface area contributed by atoms with Crippen molar-refractivity contribution in [1.29, 1.82) is 0 Å². The van der Waals surface area contributed by atoms with Crippen molar-refractivity contribution in [3.05, 3.63) is 70.0 Å². The van der Waals surface area contributed by atoms with Crippen LogP contribution in [-0.2, 0) is 6.54 Å². The lowest BCUT2D eigenvalue weighted by molar-refractivity contribution is 0.222. The number of pyridine rings is 1. The van der Waals surface area contributed by atoms with Gasteiger partial charge in [-0.05, 0) is 50.2 Å². The Bertz CT molecular complexity index is 1060. The molecule has 0 amide bonds. The lowest BCUT2D eigenvalue weighted by Gasteiger charge is -2.31. The van der Waals surface area contributed by atoms with E-state index in [0.29, 0.717) is 17.4 Å². The van der Waals surface area contributed by atoms with Gasteiger partial charge in [0.1, 0.15) is 11.5 Å². The summed E-state index contributed by atoms with van der Waals surface area (Å²) in [6.45, 7) is 3.59. The van der Waals surface area contributed by atoms with Crippen molar-refractivity contribution in [3.8, 4) is 11.8 Å². The molecule has 124 valence electrons. The van der Waals surface area contributed by atoms with Crippen molar-refractivity contribution >= 4 is 10.9 Å². The van der Waals surface area contributed by atoms with Crippen LogP contribution in [0.5, 0.6) is 0 Å². The van der Waals surface area contributed by atoms with Crippen molar-refractivity contribution in [2.75, 3.05) is 13.6 Å². The molecule has 0 spiro atoms. The summed E-state index contributed by atoms with van der Waals surface area (Å²) in [6.07, 6.45) is 1.72. The van der Waals surface area contributed by atoms with Gasteiger partial charge in [0.15, 0.2) is 0 Å². The number of rotatable bonds is 0. The predicted octanol–water partition coefficient (Wildman–Crippen LogP) is 2.20. The second-order valence-corrected chi connectivity index (χ2v) is 6.45. The smallest absolute Gasteiger partial charge is 0.261 e. The van der Waals surface area contributed by atoms with E-state index in [1.807, 2.05) is 48.0 Å². The standard InChI is InChI=1S/C20H18N4O/c1-14-12-23(2)13-19-22-18-11-15(6-8-16-5-3-4-10-21-16)7-9-17(18)20(25)24(14)19/h3-5,7,9-11,14H,12-13H2,1-2H3. The summed E-state index contributed by atoms with van der Waals surface area (Å²) in [5, 5.41) is 0.642. The van der Waals surface area contributed by atoms with Crippen LogP contribution in [0.2, 0.25) is 0 Å². The molecule has 4 rings (SSSR count). The summed E-state index contributed by atoms with van der Waals surface area (Å²) in [6, 6.07) is 11.3. The van der Waals surface area contributed by atoms with Crippen LogP contribution in [-0.4, -0.2) is 33.0 Å². The van der Waals surface area contributed by atoms with Crippen LogP contribution < -0.4 is 5.56 Å². The van der Waals surface area contributed by atoms with E-state index < -0.39 is 0 Å². The van der Waals surface area contributed by atoms with Gasteiger partial charge in [-0.2, -0.15) is 0 Å². The largest absolute Gasteiger partial charge is 0.297 e. The Hall–Kier alpha value is -2.97. The SMILES string of the molecule is CC1CN(C)Cc2nc3cc(C#Cc4ccccn4)ccc3c(=O)n21. The molecular weight excluding hydrogens is 312 g/mol. The Labute approximate surface area is 146 Å².